The second-order valence-corrected chi connectivity index (χ2v) is 4.29. The SMILES string of the molecule is CCCCCCCN1CCC(=O)CC1. The van der Waals surface area contributed by atoms with Crippen LogP contribution in [0.15, 0.2) is 0 Å². The quantitative estimate of drug-likeness (QED) is 0.610. The van der Waals surface area contributed by atoms with E-state index in [4.69, 9.17) is 0 Å². The molecule has 0 saturated carbocycles. The van der Waals surface area contributed by atoms with E-state index in [9.17, 15) is 4.79 Å². The molecule has 0 aromatic rings. The van der Waals surface area contributed by atoms with Gasteiger partial charge < -0.3 is 4.90 Å². The topological polar surface area (TPSA) is 20.3 Å². The standard InChI is InChI=1S/C12H23NO/c1-2-3-4-5-6-9-13-10-7-12(14)8-11-13/h2-11H2,1H3. The Labute approximate surface area is 87.7 Å². The lowest BCUT2D eigenvalue weighted by atomic mass is 10.1. The normalized spacial score (nSPS) is 18.8. The average molecular weight is 197 g/mol. The number of hydrogen-bond acceptors (Lipinski definition) is 2. The molecule has 14 heavy (non-hydrogen) atoms. The summed E-state index contributed by atoms with van der Waals surface area (Å²) >= 11 is 0. The van der Waals surface area contributed by atoms with Crippen LogP contribution in [0.1, 0.15) is 51.9 Å². The van der Waals surface area contributed by atoms with E-state index in [-0.39, 0.29) is 0 Å². The summed E-state index contributed by atoms with van der Waals surface area (Å²) in [6, 6.07) is 0. The molecule has 1 saturated heterocycles. The first kappa shape index (κ1) is 11.7. The van der Waals surface area contributed by atoms with Crippen LogP contribution in [0.25, 0.3) is 0 Å². The number of carbonyl (C=O) groups excluding carboxylic acids is 1. The Morgan fingerprint density at radius 2 is 1.71 bits per heavy atom. The van der Waals surface area contributed by atoms with Crippen molar-refractivity contribution in [3.8, 4) is 0 Å². The molecule has 0 N–H and O–H groups in total. The minimum Gasteiger partial charge on any atom is -0.302 e. The Bertz CT molecular complexity index is 158. The fourth-order valence-corrected chi connectivity index (χ4v) is 1.97. The first-order valence-corrected chi connectivity index (χ1v) is 6.07. The fourth-order valence-electron chi connectivity index (χ4n) is 1.97. The second kappa shape index (κ2) is 6.99. The summed E-state index contributed by atoms with van der Waals surface area (Å²) in [5, 5.41) is 0. The number of ketones is 1. The summed E-state index contributed by atoms with van der Waals surface area (Å²) in [7, 11) is 0. The molecule has 1 aliphatic rings. The predicted molar refractivity (Wildman–Crippen MR) is 59.4 cm³/mol. The molecule has 0 amide bonds. The molecular formula is C12H23NO. The molecular weight excluding hydrogens is 174 g/mol. The molecule has 1 aliphatic heterocycles. The van der Waals surface area contributed by atoms with Gasteiger partial charge in [-0.1, -0.05) is 32.6 Å². The average Bonchev–Trinajstić information content (AvgIpc) is 2.21. The van der Waals surface area contributed by atoms with Gasteiger partial charge in [0.05, 0.1) is 0 Å². The van der Waals surface area contributed by atoms with E-state index in [1.54, 1.807) is 0 Å². The van der Waals surface area contributed by atoms with Crippen LogP contribution in [-0.2, 0) is 4.79 Å². The second-order valence-electron chi connectivity index (χ2n) is 4.29. The molecule has 0 bridgehead atoms. The number of carbonyl (C=O) groups is 1. The maximum absolute atomic E-state index is 11.0. The minimum absolute atomic E-state index is 0.451. The lowest BCUT2D eigenvalue weighted by molar-refractivity contribution is -0.121. The van der Waals surface area contributed by atoms with E-state index < -0.39 is 0 Å². The van der Waals surface area contributed by atoms with Crippen molar-refractivity contribution < 1.29 is 4.79 Å². The zero-order valence-corrected chi connectivity index (χ0v) is 9.43. The van der Waals surface area contributed by atoms with Gasteiger partial charge in [0.25, 0.3) is 0 Å². The van der Waals surface area contributed by atoms with Crippen LogP contribution in [-0.4, -0.2) is 30.3 Å². The molecule has 0 atom stereocenters. The lowest BCUT2D eigenvalue weighted by Crippen LogP contribution is -2.34. The van der Waals surface area contributed by atoms with Gasteiger partial charge in [-0.3, -0.25) is 4.79 Å². The Morgan fingerprint density at radius 1 is 1.07 bits per heavy atom. The van der Waals surface area contributed by atoms with Gasteiger partial charge in [0, 0.05) is 25.9 Å². The van der Waals surface area contributed by atoms with Crippen molar-refractivity contribution in [2.45, 2.75) is 51.9 Å². The first-order chi connectivity index (χ1) is 6.83. The van der Waals surface area contributed by atoms with E-state index in [0.717, 1.165) is 25.9 Å². The van der Waals surface area contributed by atoms with Gasteiger partial charge in [-0.15, -0.1) is 0 Å². The number of piperidine rings is 1. The Morgan fingerprint density at radius 3 is 2.36 bits per heavy atom. The first-order valence-electron chi connectivity index (χ1n) is 6.07. The van der Waals surface area contributed by atoms with Crippen molar-refractivity contribution in [3.63, 3.8) is 0 Å². The summed E-state index contributed by atoms with van der Waals surface area (Å²) in [6.45, 7) is 5.46. The maximum atomic E-state index is 11.0. The number of nitrogens with zero attached hydrogens (tertiary/aromatic N) is 1. The van der Waals surface area contributed by atoms with Gasteiger partial charge in [0.2, 0.25) is 0 Å². The van der Waals surface area contributed by atoms with Crippen molar-refractivity contribution >= 4 is 5.78 Å². The zero-order chi connectivity index (χ0) is 10.2. The van der Waals surface area contributed by atoms with Gasteiger partial charge in [0.15, 0.2) is 0 Å². The highest BCUT2D eigenvalue weighted by Gasteiger charge is 2.14. The number of Topliss-reactive ketones (excluding diaryl/α,β-unsaturated/α-hetero) is 1. The van der Waals surface area contributed by atoms with Crippen LogP contribution in [0.5, 0.6) is 0 Å². The van der Waals surface area contributed by atoms with Crippen LogP contribution in [0, 0.1) is 0 Å². The lowest BCUT2D eigenvalue weighted by Gasteiger charge is -2.25. The highest BCUT2D eigenvalue weighted by molar-refractivity contribution is 5.79. The highest BCUT2D eigenvalue weighted by Crippen LogP contribution is 2.08. The van der Waals surface area contributed by atoms with E-state index in [2.05, 4.69) is 11.8 Å². The van der Waals surface area contributed by atoms with E-state index >= 15 is 0 Å². The molecule has 1 fully saturated rings. The summed E-state index contributed by atoms with van der Waals surface area (Å²) < 4.78 is 0. The molecule has 1 heterocycles. The summed E-state index contributed by atoms with van der Waals surface area (Å²) in [6.07, 6.45) is 8.32. The molecule has 0 radical (unpaired) electrons. The molecule has 0 spiro atoms. The van der Waals surface area contributed by atoms with Crippen LogP contribution in [0.2, 0.25) is 0 Å². The van der Waals surface area contributed by atoms with Gasteiger partial charge >= 0.3 is 0 Å². The van der Waals surface area contributed by atoms with Gasteiger partial charge in [-0.25, -0.2) is 0 Å². The van der Waals surface area contributed by atoms with Crippen molar-refractivity contribution in [1.29, 1.82) is 0 Å². The molecule has 2 heteroatoms. The van der Waals surface area contributed by atoms with Gasteiger partial charge in [-0.2, -0.15) is 0 Å². The maximum Gasteiger partial charge on any atom is 0.135 e. The number of unbranched alkanes of at least 4 members (excludes halogenated alkanes) is 4. The van der Waals surface area contributed by atoms with E-state index in [1.807, 2.05) is 0 Å². The smallest absolute Gasteiger partial charge is 0.135 e. The third-order valence-electron chi connectivity index (χ3n) is 2.99. The Balaban J connectivity index is 1.94. The Kier molecular flexibility index (Phi) is 5.85. The fraction of sp³-hybridized carbons (Fsp3) is 0.917. The third kappa shape index (κ3) is 4.75. The van der Waals surface area contributed by atoms with Crippen molar-refractivity contribution in [2.24, 2.45) is 0 Å². The van der Waals surface area contributed by atoms with Crippen molar-refractivity contribution in [2.75, 3.05) is 19.6 Å². The molecule has 0 aliphatic carbocycles. The molecule has 0 unspecified atom stereocenters. The minimum atomic E-state index is 0.451. The van der Waals surface area contributed by atoms with Crippen LogP contribution in [0.4, 0.5) is 0 Å². The largest absolute Gasteiger partial charge is 0.302 e. The van der Waals surface area contributed by atoms with Crippen LogP contribution < -0.4 is 0 Å². The summed E-state index contributed by atoms with van der Waals surface area (Å²) in [5.74, 6) is 0.451. The molecule has 2 nitrogen and oxygen atoms in total. The molecule has 0 aromatic carbocycles. The third-order valence-corrected chi connectivity index (χ3v) is 2.99. The number of rotatable bonds is 6. The van der Waals surface area contributed by atoms with Gasteiger partial charge in [0.1, 0.15) is 5.78 Å². The molecule has 0 aromatic heterocycles. The summed E-state index contributed by atoms with van der Waals surface area (Å²) in [5.41, 5.74) is 0. The van der Waals surface area contributed by atoms with Crippen molar-refractivity contribution in [1.82, 2.24) is 4.90 Å². The highest BCUT2D eigenvalue weighted by atomic mass is 16.1. The molecule has 1 rings (SSSR count). The number of likely N-dealkylation sites (tertiary alicyclic amines) is 1. The predicted octanol–water partition coefficient (Wildman–Crippen LogP) is 2.62. The molecule has 82 valence electrons. The van der Waals surface area contributed by atoms with E-state index in [1.165, 1.54) is 38.6 Å². The van der Waals surface area contributed by atoms with Crippen LogP contribution >= 0.6 is 0 Å². The zero-order valence-electron chi connectivity index (χ0n) is 9.43. The summed E-state index contributed by atoms with van der Waals surface area (Å²) in [4.78, 5) is 13.4. The van der Waals surface area contributed by atoms with E-state index in [0.29, 0.717) is 5.78 Å². The van der Waals surface area contributed by atoms with Crippen LogP contribution in [0.3, 0.4) is 0 Å². The monoisotopic (exact) mass is 197 g/mol. The Hall–Kier alpha value is -0.370. The van der Waals surface area contributed by atoms with Gasteiger partial charge in [-0.05, 0) is 13.0 Å². The van der Waals surface area contributed by atoms with Crippen molar-refractivity contribution in [3.05, 3.63) is 0 Å². The number of hydrogen-bond donors (Lipinski definition) is 0.